The largest absolute Gasteiger partial charge is 0.501 e. The van der Waals surface area contributed by atoms with E-state index in [4.69, 9.17) is 9.84 Å². The average Bonchev–Trinajstić information content (AvgIpc) is 2.82. The predicted octanol–water partition coefficient (Wildman–Crippen LogP) is 0.699. The topological polar surface area (TPSA) is 106 Å². The number of ether oxygens (including phenoxy) is 1. The van der Waals surface area contributed by atoms with E-state index in [1.54, 1.807) is 35.9 Å². The minimum Gasteiger partial charge on any atom is -0.501 e. The van der Waals surface area contributed by atoms with Gasteiger partial charge in [-0.3, -0.25) is 4.79 Å². The number of hydrogen-bond acceptors (Lipinski definition) is 5. The summed E-state index contributed by atoms with van der Waals surface area (Å²) in [4.78, 5) is 27.4. The summed E-state index contributed by atoms with van der Waals surface area (Å²) in [7, 11) is 1.54. The molecular formula is C14H13N3O5. The fourth-order valence-corrected chi connectivity index (χ4v) is 2.44. The Hall–Kier alpha value is -2.87. The van der Waals surface area contributed by atoms with Crippen molar-refractivity contribution in [3.05, 3.63) is 40.3 Å². The first-order chi connectivity index (χ1) is 10.6. The lowest BCUT2D eigenvalue weighted by molar-refractivity contribution is 0.0686. The van der Waals surface area contributed by atoms with E-state index in [0.29, 0.717) is 24.2 Å². The van der Waals surface area contributed by atoms with E-state index in [1.165, 1.54) is 4.40 Å². The number of carboxylic acid groups (broad SMARTS) is 1. The molecule has 114 valence electrons. The van der Waals surface area contributed by atoms with Gasteiger partial charge in [-0.05, 0) is 12.1 Å². The van der Waals surface area contributed by atoms with Crippen LogP contribution in [0.4, 0.5) is 0 Å². The van der Waals surface area contributed by atoms with E-state index in [1.807, 2.05) is 0 Å². The zero-order valence-corrected chi connectivity index (χ0v) is 11.7. The molecule has 8 nitrogen and oxygen atoms in total. The third-order valence-corrected chi connectivity index (χ3v) is 3.42. The van der Waals surface area contributed by atoms with Gasteiger partial charge < -0.3 is 19.5 Å². The van der Waals surface area contributed by atoms with Crippen LogP contribution in [0.25, 0.3) is 16.8 Å². The molecule has 8 heteroatoms. The highest BCUT2D eigenvalue weighted by molar-refractivity contribution is 5.90. The number of aromatic nitrogens is 3. The third kappa shape index (κ3) is 1.92. The highest BCUT2D eigenvalue weighted by atomic mass is 16.5. The third-order valence-electron chi connectivity index (χ3n) is 3.42. The van der Waals surface area contributed by atoms with Crippen LogP contribution in [0.1, 0.15) is 10.5 Å². The smallest absolute Gasteiger partial charge is 0.358 e. The predicted molar refractivity (Wildman–Crippen MR) is 77.5 cm³/mol. The lowest BCUT2D eigenvalue weighted by Crippen LogP contribution is -2.19. The molecule has 2 heterocycles. The van der Waals surface area contributed by atoms with Crippen LogP contribution in [0.5, 0.6) is 5.75 Å². The van der Waals surface area contributed by atoms with Crippen molar-refractivity contribution in [1.29, 1.82) is 0 Å². The summed E-state index contributed by atoms with van der Waals surface area (Å²) < 4.78 is 7.93. The summed E-state index contributed by atoms with van der Waals surface area (Å²) in [6.07, 6.45) is 0. The van der Waals surface area contributed by atoms with Crippen LogP contribution in [0.15, 0.2) is 29.1 Å². The number of benzene rings is 1. The molecule has 2 N–H and O–H groups in total. The zero-order valence-electron chi connectivity index (χ0n) is 11.7. The summed E-state index contributed by atoms with van der Waals surface area (Å²) >= 11 is 0. The molecule has 0 atom stereocenters. The maximum Gasteiger partial charge on any atom is 0.358 e. The van der Waals surface area contributed by atoms with Crippen LogP contribution in [0.3, 0.4) is 0 Å². The van der Waals surface area contributed by atoms with Gasteiger partial charge in [0.15, 0.2) is 5.69 Å². The van der Waals surface area contributed by atoms with Crippen molar-refractivity contribution in [3.63, 3.8) is 0 Å². The second-order valence-corrected chi connectivity index (χ2v) is 4.69. The number of para-hydroxylation sites is 2. The molecule has 0 spiro atoms. The van der Waals surface area contributed by atoms with E-state index < -0.39 is 23.0 Å². The van der Waals surface area contributed by atoms with E-state index in [0.717, 1.165) is 0 Å². The number of rotatable bonds is 4. The Morgan fingerprint density at radius 2 is 2.00 bits per heavy atom. The minimum atomic E-state index is -1.46. The Bertz CT molecular complexity index is 941. The summed E-state index contributed by atoms with van der Waals surface area (Å²) in [6.45, 7) is 0.761. The molecule has 0 radical (unpaired) electrons. The van der Waals surface area contributed by atoms with Gasteiger partial charge in [0.05, 0.1) is 17.6 Å². The molecule has 0 aliphatic carbocycles. The van der Waals surface area contributed by atoms with Gasteiger partial charge in [-0.15, -0.1) is 0 Å². The molecule has 0 bridgehead atoms. The van der Waals surface area contributed by atoms with E-state index in [9.17, 15) is 14.7 Å². The van der Waals surface area contributed by atoms with Gasteiger partial charge >= 0.3 is 11.5 Å². The minimum absolute atomic E-state index is 0.151. The second-order valence-electron chi connectivity index (χ2n) is 4.69. The number of nitrogens with zero attached hydrogens (tertiary/aromatic N) is 3. The fourth-order valence-electron chi connectivity index (χ4n) is 2.44. The van der Waals surface area contributed by atoms with Gasteiger partial charge in [0.25, 0.3) is 0 Å². The van der Waals surface area contributed by atoms with Crippen molar-refractivity contribution >= 4 is 22.8 Å². The Kier molecular flexibility index (Phi) is 3.30. The molecule has 0 amide bonds. The van der Waals surface area contributed by atoms with Crippen molar-refractivity contribution in [3.8, 4) is 5.75 Å². The number of hydrogen-bond donors (Lipinski definition) is 2. The number of methoxy groups -OCH3 is 1. The SMILES string of the molecule is COCCn1c2ccccc2n2c(=O)c(O)c(C(=O)O)nc12. The van der Waals surface area contributed by atoms with Crippen molar-refractivity contribution in [2.45, 2.75) is 6.54 Å². The van der Waals surface area contributed by atoms with Crippen molar-refractivity contribution in [2.75, 3.05) is 13.7 Å². The fraction of sp³-hybridized carbons (Fsp3) is 0.214. The normalized spacial score (nSPS) is 11.3. The van der Waals surface area contributed by atoms with Gasteiger partial charge in [-0.1, -0.05) is 12.1 Å². The first-order valence-corrected chi connectivity index (χ1v) is 6.51. The molecule has 0 saturated heterocycles. The molecule has 3 rings (SSSR count). The van der Waals surface area contributed by atoms with Crippen LogP contribution in [-0.2, 0) is 11.3 Å². The molecule has 2 aromatic heterocycles. The highest BCUT2D eigenvalue weighted by Gasteiger charge is 2.22. The molecule has 0 fully saturated rings. The average molecular weight is 303 g/mol. The first-order valence-electron chi connectivity index (χ1n) is 6.51. The number of aromatic carboxylic acids is 1. The van der Waals surface area contributed by atoms with E-state index in [-0.39, 0.29) is 5.78 Å². The maximum atomic E-state index is 12.3. The molecule has 1 aromatic carbocycles. The molecule has 0 aliphatic rings. The molecular weight excluding hydrogens is 290 g/mol. The number of aromatic hydroxyl groups is 1. The summed E-state index contributed by atoms with van der Waals surface area (Å²) in [6, 6.07) is 7.04. The van der Waals surface area contributed by atoms with Crippen LogP contribution >= 0.6 is 0 Å². The quantitative estimate of drug-likeness (QED) is 0.735. The maximum absolute atomic E-state index is 12.3. The number of fused-ring (bicyclic) bond motifs is 3. The number of carbonyl (C=O) groups is 1. The molecule has 3 aromatic rings. The molecule has 0 saturated carbocycles. The first kappa shape index (κ1) is 14.1. The molecule has 0 aliphatic heterocycles. The van der Waals surface area contributed by atoms with Crippen LogP contribution in [-0.4, -0.2) is 43.9 Å². The van der Waals surface area contributed by atoms with Crippen molar-refractivity contribution in [2.24, 2.45) is 0 Å². The second kappa shape index (κ2) is 5.15. The van der Waals surface area contributed by atoms with Gasteiger partial charge in [0, 0.05) is 13.7 Å². The van der Waals surface area contributed by atoms with Crippen molar-refractivity contribution in [1.82, 2.24) is 14.0 Å². The summed E-state index contributed by atoms with van der Waals surface area (Å²) in [5.41, 5.74) is -0.231. The molecule has 0 unspecified atom stereocenters. The Morgan fingerprint density at radius 1 is 1.32 bits per heavy atom. The van der Waals surface area contributed by atoms with Crippen molar-refractivity contribution < 1.29 is 19.7 Å². The Balaban J connectivity index is 2.49. The van der Waals surface area contributed by atoms with Crippen LogP contribution < -0.4 is 5.56 Å². The molecule has 22 heavy (non-hydrogen) atoms. The van der Waals surface area contributed by atoms with E-state index >= 15 is 0 Å². The van der Waals surface area contributed by atoms with Gasteiger partial charge in [0.2, 0.25) is 11.5 Å². The van der Waals surface area contributed by atoms with Crippen LogP contribution in [0, 0.1) is 0 Å². The Labute approximate surface area is 123 Å². The van der Waals surface area contributed by atoms with Gasteiger partial charge in [-0.2, -0.15) is 0 Å². The standard InChI is InChI=1S/C14H13N3O5/c1-22-7-6-16-8-4-2-3-5-9(8)17-12(19)11(18)10(13(20)21)15-14(16)17/h2-5,18H,6-7H2,1H3,(H,20,21). The van der Waals surface area contributed by atoms with Gasteiger partial charge in [-0.25, -0.2) is 14.2 Å². The van der Waals surface area contributed by atoms with Crippen LogP contribution in [0.2, 0.25) is 0 Å². The lowest BCUT2D eigenvalue weighted by Gasteiger charge is -2.05. The lowest BCUT2D eigenvalue weighted by atomic mass is 10.3. The van der Waals surface area contributed by atoms with Gasteiger partial charge in [0.1, 0.15) is 0 Å². The number of carboxylic acids is 1. The highest BCUT2D eigenvalue weighted by Crippen LogP contribution is 2.21. The summed E-state index contributed by atoms with van der Waals surface area (Å²) in [5, 5.41) is 18.9. The Morgan fingerprint density at radius 3 is 2.64 bits per heavy atom. The zero-order chi connectivity index (χ0) is 15.9. The number of imidazole rings is 1. The monoisotopic (exact) mass is 303 g/mol. The summed E-state index contributed by atoms with van der Waals surface area (Å²) in [5.74, 6) is -2.18. The van der Waals surface area contributed by atoms with E-state index in [2.05, 4.69) is 4.98 Å².